The second kappa shape index (κ2) is 8.82. The van der Waals surface area contributed by atoms with Gasteiger partial charge in [0.05, 0.1) is 10.7 Å². The van der Waals surface area contributed by atoms with E-state index < -0.39 is 0 Å². The van der Waals surface area contributed by atoms with Gasteiger partial charge in [-0.1, -0.05) is 25.4 Å². The van der Waals surface area contributed by atoms with Gasteiger partial charge in [0, 0.05) is 12.1 Å². The third-order valence-electron chi connectivity index (χ3n) is 3.34. The number of hydrogen-bond donors (Lipinski definition) is 2. The lowest BCUT2D eigenvalue weighted by Gasteiger charge is -2.17. The summed E-state index contributed by atoms with van der Waals surface area (Å²) in [5.41, 5.74) is 6.66. The van der Waals surface area contributed by atoms with E-state index in [4.69, 9.17) is 17.3 Å². The first kappa shape index (κ1) is 16.8. The Balaban J connectivity index is 2.28. The second-order valence-electron chi connectivity index (χ2n) is 4.73. The molecule has 4 nitrogen and oxygen atoms in total. The van der Waals surface area contributed by atoms with Crippen LogP contribution in [0.1, 0.15) is 37.0 Å². The topological polar surface area (TPSA) is 58.4 Å². The lowest BCUT2D eigenvalue weighted by molar-refractivity contribution is 0.0952. The average molecular weight is 298 g/mol. The van der Waals surface area contributed by atoms with E-state index in [-0.39, 0.29) is 5.91 Å². The van der Waals surface area contributed by atoms with Crippen molar-refractivity contribution in [2.24, 2.45) is 0 Å². The van der Waals surface area contributed by atoms with Gasteiger partial charge in [0.1, 0.15) is 0 Å². The quantitative estimate of drug-likeness (QED) is 0.573. The normalized spacial score (nSPS) is 10.8. The van der Waals surface area contributed by atoms with Gasteiger partial charge in [-0.05, 0) is 50.7 Å². The molecule has 112 valence electrons. The standard InChI is InChI=1S/C15H24ClN3O/c1-3-19(4-2)10-6-5-9-18-15(20)12-7-8-13(16)14(17)11-12/h7-8,11H,3-6,9-10,17H2,1-2H3,(H,18,20). The van der Waals surface area contributed by atoms with Crippen LogP contribution < -0.4 is 11.1 Å². The minimum atomic E-state index is -0.101. The number of nitrogens with zero attached hydrogens (tertiary/aromatic N) is 1. The Labute approximate surface area is 126 Å². The van der Waals surface area contributed by atoms with Crippen LogP contribution in [-0.4, -0.2) is 37.0 Å². The van der Waals surface area contributed by atoms with Crippen molar-refractivity contribution in [3.63, 3.8) is 0 Å². The van der Waals surface area contributed by atoms with E-state index in [9.17, 15) is 4.79 Å². The van der Waals surface area contributed by atoms with Crippen molar-refractivity contribution in [3.8, 4) is 0 Å². The van der Waals surface area contributed by atoms with Crippen molar-refractivity contribution < 1.29 is 4.79 Å². The molecule has 0 saturated carbocycles. The van der Waals surface area contributed by atoms with Crippen molar-refractivity contribution >= 4 is 23.2 Å². The van der Waals surface area contributed by atoms with Crippen molar-refractivity contribution in [2.45, 2.75) is 26.7 Å². The number of nitrogen functional groups attached to an aromatic ring is 1. The number of carbonyl (C=O) groups excluding carboxylic acids is 1. The smallest absolute Gasteiger partial charge is 0.251 e. The Morgan fingerprint density at radius 1 is 1.30 bits per heavy atom. The Morgan fingerprint density at radius 3 is 2.60 bits per heavy atom. The molecule has 0 unspecified atom stereocenters. The number of halogens is 1. The first-order chi connectivity index (χ1) is 9.58. The van der Waals surface area contributed by atoms with Crippen LogP contribution in [-0.2, 0) is 0 Å². The lowest BCUT2D eigenvalue weighted by Crippen LogP contribution is -2.27. The molecule has 0 aliphatic heterocycles. The van der Waals surface area contributed by atoms with E-state index >= 15 is 0 Å². The molecular weight excluding hydrogens is 274 g/mol. The van der Waals surface area contributed by atoms with Gasteiger partial charge >= 0.3 is 0 Å². The molecule has 20 heavy (non-hydrogen) atoms. The predicted molar refractivity (Wildman–Crippen MR) is 85.2 cm³/mol. The monoisotopic (exact) mass is 297 g/mol. The van der Waals surface area contributed by atoms with Gasteiger partial charge < -0.3 is 16.0 Å². The molecular formula is C15H24ClN3O. The van der Waals surface area contributed by atoms with Crippen LogP contribution in [0, 0.1) is 0 Å². The van der Waals surface area contributed by atoms with Crippen molar-refractivity contribution in [3.05, 3.63) is 28.8 Å². The van der Waals surface area contributed by atoms with Gasteiger partial charge in [-0.25, -0.2) is 0 Å². The highest BCUT2D eigenvalue weighted by Crippen LogP contribution is 2.19. The third-order valence-corrected chi connectivity index (χ3v) is 3.68. The molecule has 0 radical (unpaired) electrons. The molecule has 0 spiro atoms. The average Bonchev–Trinajstić information content (AvgIpc) is 2.45. The fourth-order valence-electron chi connectivity index (χ4n) is 1.99. The summed E-state index contributed by atoms with van der Waals surface area (Å²) in [5.74, 6) is -0.101. The van der Waals surface area contributed by atoms with Crippen LogP contribution >= 0.6 is 11.6 Å². The maximum Gasteiger partial charge on any atom is 0.251 e. The first-order valence-electron chi connectivity index (χ1n) is 7.14. The van der Waals surface area contributed by atoms with E-state index in [0.29, 0.717) is 22.8 Å². The van der Waals surface area contributed by atoms with Crippen LogP contribution in [0.2, 0.25) is 5.02 Å². The minimum absolute atomic E-state index is 0.101. The number of benzene rings is 1. The molecule has 0 saturated heterocycles. The third kappa shape index (κ3) is 5.39. The maximum absolute atomic E-state index is 11.9. The Morgan fingerprint density at radius 2 is 2.00 bits per heavy atom. The van der Waals surface area contributed by atoms with E-state index in [1.165, 1.54) is 0 Å². The highest BCUT2D eigenvalue weighted by Gasteiger charge is 2.07. The first-order valence-corrected chi connectivity index (χ1v) is 7.51. The zero-order valence-electron chi connectivity index (χ0n) is 12.3. The molecule has 1 rings (SSSR count). The highest BCUT2D eigenvalue weighted by atomic mass is 35.5. The van der Waals surface area contributed by atoms with Crippen molar-refractivity contribution in [2.75, 3.05) is 31.9 Å². The molecule has 0 heterocycles. The lowest BCUT2D eigenvalue weighted by atomic mass is 10.2. The predicted octanol–water partition coefficient (Wildman–Crippen LogP) is 2.77. The molecule has 1 amide bonds. The fourth-order valence-corrected chi connectivity index (χ4v) is 2.11. The van der Waals surface area contributed by atoms with Gasteiger partial charge in [0.25, 0.3) is 5.91 Å². The summed E-state index contributed by atoms with van der Waals surface area (Å²) >= 11 is 5.83. The number of hydrogen-bond acceptors (Lipinski definition) is 3. The summed E-state index contributed by atoms with van der Waals surface area (Å²) in [5, 5.41) is 3.37. The number of unbranched alkanes of at least 4 members (excludes halogenated alkanes) is 1. The van der Waals surface area contributed by atoms with Gasteiger partial charge in [-0.15, -0.1) is 0 Å². The molecule has 0 fully saturated rings. The van der Waals surface area contributed by atoms with Crippen molar-refractivity contribution in [1.29, 1.82) is 0 Å². The maximum atomic E-state index is 11.9. The molecule has 0 aliphatic rings. The van der Waals surface area contributed by atoms with Crippen LogP contribution in [0.3, 0.4) is 0 Å². The second-order valence-corrected chi connectivity index (χ2v) is 5.13. The number of amides is 1. The van der Waals surface area contributed by atoms with E-state index in [0.717, 1.165) is 32.5 Å². The SMILES string of the molecule is CCN(CC)CCCCNC(=O)c1ccc(Cl)c(N)c1. The summed E-state index contributed by atoms with van der Waals surface area (Å²) in [7, 11) is 0. The van der Waals surface area contributed by atoms with Gasteiger partial charge in [0.15, 0.2) is 0 Å². The summed E-state index contributed by atoms with van der Waals surface area (Å²) in [6.07, 6.45) is 2.07. The Hall–Kier alpha value is -1.26. The van der Waals surface area contributed by atoms with Crippen LogP contribution in [0.15, 0.2) is 18.2 Å². The molecule has 0 aromatic heterocycles. The molecule has 1 aromatic carbocycles. The number of anilines is 1. The number of nitrogens with one attached hydrogen (secondary N) is 1. The van der Waals surface area contributed by atoms with E-state index in [1.54, 1.807) is 18.2 Å². The number of carbonyl (C=O) groups is 1. The van der Waals surface area contributed by atoms with Crippen LogP contribution in [0.5, 0.6) is 0 Å². The molecule has 1 aromatic rings. The van der Waals surface area contributed by atoms with E-state index in [1.807, 2.05) is 0 Å². The van der Waals surface area contributed by atoms with Gasteiger partial charge in [0.2, 0.25) is 0 Å². The largest absolute Gasteiger partial charge is 0.398 e. The summed E-state index contributed by atoms with van der Waals surface area (Å²) in [6.45, 7) is 8.24. The zero-order valence-corrected chi connectivity index (χ0v) is 13.0. The zero-order chi connectivity index (χ0) is 15.0. The Bertz CT molecular complexity index is 433. The minimum Gasteiger partial charge on any atom is -0.398 e. The molecule has 5 heteroatoms. The highest BCUT2D eigenvalue weighted by molar-refractivity contribution is 6.33. The Kier molecular flexibility index (Phi) is 7.41. The summed E-state index contributed by atoms with van der Waals surface area (Å²) in [6, 6.07) is 4.93. The van der Waals surface area contributed by atoms with Gasteiger partial charge in [-0.2, -0.15) is 0 Å². The molecule has 0 atom stereocenters. The van der Waals surface area contributed by atoms with Gasteiger partial charge in [-0.3, -0.25) is 4.79 Å². The molecule has 0 aliphatic carbocycles. The van der Waals surface area contributed by atoms with Crippen molar-refractivity contribution in [1.82, 2.24) is 10.2 Å². The number of nitrogens with two attached hydrogens (primary N) is 1. The summed E-state index contributed by atoms with van der Waals surface area (Å²) in [4.78, 5) is 14.3. The fraction of sp³-hybridized carbons (Fsp3) is 0.533. The number of rotatable bonds is 8. The molecule has 3 N–H and O–H groups in total. The molecule has 0 bridgehead atoms. The van der Waals surface area contributed by atoms with Crippen LogP contribution in [0.4, 0.5) is 5.69 Å². The van der Waals surface area contributed by atoms with E-state index in [2.05, 4.69) is 24.1 Å². The van der Waals surface area contributed by atoms with Crippen LogP contribution in [0.25, 0.3) is 0 Å². The summed E-state index contributed by atoms with van der Waals surface area (Å²) < 4.78 is 0.